The van der Waals surface area contributed by atoms with E-state index >= 15 is 0 Å². The van der Waals surface area contributed by atoms with Crippen LogP contribution in [0.1, 0.15) is 23.2 Å². The molecule has 2 rings (SSSR count). The topological polar surface area (TPSA) is 20.3 Å². The Balaban J connectivity index is 2.09. The van der Waals surface area contributed by atoms with Crippen molar-refractivity contribution in [1.82, 2.24) is 4.90 Å². The van der Waals surface area contributed by atoms with Crippen molar-refractivity contribution in [1.29, 1.82) is 0 Å². The Labute approximate surface area is 109 Å². The summed E-state index contributed by atoms with van der Waals surface area (Å²) in [5.74, 6) is 0.0813. The molecule has 1 saturated heterocycles. The van der Waals surface area contributed by atoms with E-state index in [1.807, 2.05) is 29.2 Å². The highest BCUT2D eigenvalue weighted by Gasteiger charge is 2.22. The molecule has 1 aliphatic rings. The van der Waals surface area contributed by atoms with Gasteiger partial charge in [0, 0.05) is 23.1 Å². The Bertz CT molecular complexity index is 379. The summed E-state index contributed by atoms with van der Waals surface area (Å²) in [6.07, 6.45) is 2.00. The number of halogens is 2. The molecule has 2 nitrogen and oxygen atoms in total. The molecule has 0 bridgehead atoms. The van der Waals surface area contributed by atoms with Crippen LogP contribution in [0.15, 0.2) is 28.7 Å². The molecule has 1 aliphatic heterocycles. The van der Waals surface area contributed by atoms with E-state index in [1.54, 1.807) is 0 Å². The zero-order valence-corrected chi connectivity index (χ0v) is 11.2. The Morgan fingerprint density at radius 1 is 1.38 bits per heavy atom. The molecule has 0 aromatic heterocycles. The second-order valence-corrected chi connectivity index (χ2v) is 5.53. The summed E-state index contributed by atoms with van der Waals surface area (Å²) in [7, 11) is 0. The minimum atomic E-state index is 0.0813. The number of likely N-dealkylation sites (tertiary alicyclic amines) is 1. The maximum Gasteiger partial charge on any atom is 0.253 e. The predicted octanol–water partition coefficient (Wildman–Crippen LogP) is 3.29. The predicted molar refractivity (Wildman–Crippen MR) is 68.9 cm³/mol. The molecule has 1 heterocycles. The van der Waals surface area contributed by atoms with Gasteiger partial charge in [-0.2, -0.15) is 0 Å². The lowest BCUT2D eigenvalue weighted by Crippen LogP contribution is -2.40. The van der Waals surface area contributed by atoms with Gasteiger partial charge in [-0.3, -0.25) is 4.79 Å². The van der Waals surface area contributed by atoms with Crippen LogP contribution in [-0.2, 0) is 0 Å². The van der Waals surface area contributed by atoms with Crippen molar-refractivity contribution in [2.75, 3.05) is 13.1 Å². The third-order valence-corrected chi connectivity index (χ3v) is 3.63. The molecule has 86 valence electrons. The number of amides is 1. The molecule has 4 heteroatoms. The third-order valence-electron chi connectivity index (χ3n) is 2.74. The van der Waals surface area contributed by atoms with Crippen LogP contribution in [0.4, 0.5) is 0 Å². The number of nitrogens with zero attached hydrogens (tertiary/aromatic N) is 1. The normalized spacial score (nSPS) is 20.9. The summed E-state index contributed by atoms with van der Waals surface area (Å²) in [6.45, 7) is 1.48. The SMILES string of the molecule is O=C(c1ccc(Br)cc1)N1CCCC(Cl)C1. The average molecular weight is 303 g/mol. The van der Waals surface area contributed by atoms with Crippen LogP contribution >= 0.6 is 27.5 Å². The fourth-order valence-electron chi connectivity index (χ4n) is 1.88. The summed E-state index contributed by atoms with van der Waals surface area (Å²) in [5.41, 5.74) is 0.731. The summed E-state index contributed by atoms with van der Waals surface area (Å²) in [6, 6.07) is 7.44. The van der Waals surface area contributed by atoms with Crippen molar-refractivity contribution in [3.8, 4) is 0 Å². The molecule has 1 amide bonds. The number of carbonyl (C=O) groups excluding carboxylic acids is 1. The zero-order valence-electron chi connectivity index (χ0n) is 8.83. The van der Waals surface area contributed by atoms with E-state index in [0.717, 1.165) is 29.4 Å². The first-order valence-electron chi connectivity index (χ1n) is 5.36. The second-order valence-electron chi connectivity index (χ2n) is 4.00. The first kappa shape index (κ1) is 11.9. The number of piperidine rings is 1. The Kier molecular flexibility index (Phi) is 3.87. The molecule has 0 spiro atoms. The Morgan fingerprint density at radius 2 is 2.06 bits per heavy atom. The lowest BCUT2D eigenvalue weighted by atomic mass is 10.1. The molecule has 1 aromatic rings. The molecule has 0 saturated carbocycles. The van der Waals surface area contributed by atoms with Crippen molar-refractivity contribution in [2.24, 2.45) is 0 Å². The minimum Gasteiger partial charge on any atom is -0.337 e. The van der Waals surface area contributed by atoms with Crippen LogP contribution in [0.3, 0.4) is 0 Å². The molecule has 16 heavy (non-hydrogen) atoms. The van der Waals surface area contributed by atoms with E-state index in [1.165, 1.54) is 0 Å². The number of hydrogen-bond acceptors (Lipinski definition) is 1. The van der Waals surface area contributed by atoms with Crippen molar-refractivity contribution in [2.45, 2.75) is 18.2 Å². The summed E-state index contributed by atoms with van der Waals surface area (Å²) >= 11 is 9.42. The van der Waals surface area contributed by atoms with Gasteiger partial charge in [-0.25, -0.2) is 0 Å². The van der Waals surface area contributed by atoms with E-state index in [4.69, 9.17) is 11.6 Å². The molecule has 0 aliphatic carbocycles. The third kappa shape index (κ3) is 2.77. The van der Waals surface area contributed by atoms with Crippen molar-refractivity contribution < 1.29 is 4.79 Å². The molecule has 0 radical (unpaired) electrons. The molecular weight excluding hydrogens is 289 g/mol. The highest BCUT2D eigenvalue weighted by atomic mass is 79.9. The van der Waals surface area contributed by atoms with Crippen molar-refractivity contribution in [3.63, 3.8) is 0 Å². The number of alkyl halides is 1. The zero-order chi connectivity index (χ0) is 11.5. The first-order valence-corrected chi connectivity index (χ1v) is 6.58. The van der Waals surface area contributed by atoms with Gasteiger partial charge in [0.1, 0.15) is 0 Å². The van der Waals surface area contributed by atoms with Gasteiger partial charge in [-0.1, -0.05) is 15.9 Å². The fraction of sp³-hybridized carbons (Fsp3) is 0.417. The lowest BCUT2D eigenvalue weighted by molar-refractivity contribution is 0.0727. The number of carbonyl (C=O) groups is 1. The molecule has 0 N–H and O–H groups in total. The van der Waals surface area contributed by atoms with E-state index in [9.17, 15) is 4.79 Å². The highest BCUT2D eigenvalue weighted by molar-refractivity contribution is 9.10. The van der Waals surface area contributed by atoms with Crippen LogP contribution in [0.2, 0.25) is 0 Å². The van der Waals surface area contributed by atoms with Crippen molar-refractivity contribution >= 4 is 33.4 Å². The average Bonchev–Trinajstić information content (AvgIpc) is 2.29. The van der Waals surface area contributed by atoms with E-state index in [2.05, 4.69) is 15.9 Å². The number of rotatable bonds is 1. The van der Waals surface area contributed by atoms with Crippen LogP contribution in [-0.4, -0.2) is 29.3 Å². The number of benzene rings is 1. The Hall–Kier alpha value is -0.540. The van der Waals surface area contributed by atoms with Gasteiger partial charge in [-0.15, -0.1) is 11.6 Å². The fourth-order valence-corrected chi connectivity index (χ4v) is 2.47. The highest BCUT2D eigenvalue weighted by Crippen LogP contribution is 2.18. The van der Waals surface area contributed by atoms with E-state index in [-0.39, 0.29) is 11.3 Å². The molecule has 1 atom stereocenters. The maximum atomic E-state index is 12.1. The molecular formula is C12H13BrClNO. The van der Waals surface area contributed by atoms with Crippen LogP contribution in [0.5, 0.6) is 0 Å². The van der Waals surface area contributed by atoms with Gasteiger partial charge in [0.25, 0.3) is 5.91 Å². The summed E-state index contributed by atoms with van der Waals surface area (Å²) in [5, 5.41) is 0.105. The number of hydrogen-bond donors (Lipinski definition) is 0. The van der Waals surface area contributed by atoms with Crippen molar-refractivity contribution in [3.05, 3.63) is 34.3 Å². The second kappa shape index (κ2) is 5.19. The quantitative estimate of drug-likeness (QED) is 0.729. The van der Waals surface area contributed by atoms with Crippen LogP contribution < -0.4 is 0 Å². The molecule has 1 unspecified atom stereocenters. The maximum absolute atomic E-state index is 12.1. The summed E-state index contributed by atoms with van der Waals surface area (Å²) in [4.78, 5) is 13.9. The lowest BCUT2D eigenvalue weighted by Gasteiger charge is -2.29. The van der Waals surface area contributed by atoms with Gasteiger partial charge in [0.2, 0.25) is 0 Å². The van der Waals surface area contributed by atoms with Gasteiger partial charge in [0.15, 0.2) is 0 Å². The molecule has 1 fully saturated rings. The smallest absolute Gasteiger partial charge is 0.253 e. The summed E-state index contributed by atoms with van der Waals surface area (Å²) < 4.78 is 0.984. The monoisotopic (exact) mass is 301 g/mol. The van der Waals surface area contributed by atoms with Gasteiger partial charge < -0.3 is 4.90 Å². The Morgan fingerprint density at radius 3 is 2.69 bits per heavy atom. The van der Waals surface area contributed by atoms with Gasteiger partial charge in [0.05, 0.1) is 5.38 Å². The minimum absolute atomic E-state index is 0.0813. The van der Waals surface area contributed by atoms with Crippen LogP contribution in [0, 0.1) is 0 Å². The van der Waals surface area contributed by atoms with E-state index < -0.39 is 0 Å². The van der Waals surface area contributed by atoms with Crippen LogP contribution in [0.25, 0.3) is 0 Å². The van der Waals surface area contributed by atoms with E-state index in [0.29, 0.717) is 6.54 Å². The largest absolute Gasteiger partial charge is 0.337 e. The van der Waals surface area contributed by atoms with Gasteiger partial charge >= 0.3 is 0 Å². The van der Waals surface area contributed by atoms with Gasteiger partial charge in [-0.05, 0) is 37.1 Å². The molecule has 1 aromatic carbocycles. The standard InChI is InChI=1S/C12H13BrClNO/c13-10-5-3-9(4-6-10)12(16)15-7-1-2-11(14)8-15/h3-6,11H,1-2,7-8H2. The first-order chi connectivity index (χ1) is 7.66.